The Morgan fingerprint density at radius 1 is 1.38 bits per heavy atom. The first-order valence-electron chi connectivity index (χ1n) is 5.57. The highest BCUT2D eigenvalue weighted by Crippen LogP contribution is 2.02. The van der Waals surface area contributed by atoms with Gasteiger partial charge in [0.2, 0.25) is 0 Å². The van der Waals surface area contributed by atoms with Crippen LogP contribution in [0.4, 0.5) is 5.82 Å². The zero-order valence-electron chi connectivity index (χ0n) is 10.1. The van der Waals surface area contributed by atoms with Crippen molar-refractivity contribution >= 4 is 5.82 Å². The molecule has 0 aliphatic rings. The van der Waals surface area contributed by atoms with Crippen LogP contribution in [-0.2, 0) is 0 Å². The first-order chi connectivity index (χ1) is 7.67. The van der Waals surface area contributed by atoms with Gasteiger partial charge in [0.05, 0.1) is 0 Å². The minimum Gasteiger partial charge on any atom is -0.367 e. The summed E-state index contributed by atoms with van der Waals surface area (Å²) in [6, 6.07) is 0. The van der Waals surface area contributed by atoms with Crippen LogP contribution in [0.1, 0.15) is 19.5 Å². The fraction of sp³-hybridized carbons (Fsp3) is 0.700. The molecule has 0 aromatic carbocycles. The standard InChI is InChI=1S/C10H19N5O/c1-4-15(5-2)7-6-11-9-8(3)13-14-10(16)12-9/h4-7H2,1-3H3,(H2,11,12,14,16). The van der Waals surface area contributed by atoms with E-state index < -0.39 is 5.69 Å². The predicted molar refractivity (Wildman–Crippen MR) is 63.7 cm³/mol. The molecule has 1 aromatic heterocycles. The van der Waals surface area contributed by atoms with Gasteiger partial charge in [-0.25, -0.2) is 9.89 Å². The second-order valence-corrected chi connectivity index (χ2v) is 3.53. The van der Waals surface area contributed by atoms with E-state index in [1.165, 1.54) is 0 Å². The summed E-state index contributed by atoms with van der Waals surface area (Å²) in [4.78, 5) is 17.1. The molecule has 1 rings (SSSR count). The molecule has 0 fully saturated rings. The maximum Gasteiger partial charge on any atom is 0.363 e. The van der Waals surface area contributed by atoms with Gasteiger partial charge < -0.3 is 10.2 Å². The molecule has 0 aliphatic heterocycles. The Hall–Kier alpha value is -1.43. The highest BCUT2D eigenvalue weighted by atomic mass is 16.1. The van der Waals surface area contributed by atoms with Crippen LogP contribution >= 0.6 is 0 Å². The third-order valence-electron chi connectivity index (χ3n) is 2.49. The van der Waals surface area contributed by atoms with E-state index in [2.05, 4.69) is 39.2 Å². The van der Waals surface area contributed by atoms with Crippen molar-refractivity contribution in [3.05, 3.63) is 16.2 Å². The average Bonchev–Trinajstić information content (AvgIpc) is 2.29. The van der Waals surface area contributed by atoms with E-state index in [-0.39, 0.29) is 0 Å². The summed E-state index contributed by atoms with van der Waals surface area (Å²) in [6.07, 6.45) is 0. The van der Waals surface area contributed by atoms with Crippen molar-refractivity contribution < 1.29 is 0 Å². The molecule has 0 bridgehead atoms. The van der Waals surface area contributed by atoms with Crippen molar-refractivity contribution in [3.63, 3.8) is 0 Å². The van der Waals surface area contributed by atoms with E-state index in [9.17, 15) is 4.79 Å². The molecule has 0 saturated carbocycles. The molecule has 0 radical (unpaired) electrons. The van der Waals surface area contributed by atoms with Gasteiger partial charge in [-0.1, -0.05) is 13.8 Å². The molecule has 0 aliphatic carbocycles. The van der Waals surface area contributed by atoms with Crippen LogP contribution < -0.4 is 11.0 Å². The molecular weight excluding hydrogens is 206 g/mol. The molecule has 6 nitrogen and oxygen atoms in total. The van der Waals surface area contributed by atoms with E-state index in [1.807, 2.05) is 6.92 Å². The lowest BCUT2D eigenvalue weighted by atomic mass is 10.4. The number of aromatic amines is 1. The third-order valence-corrected chi connectivity index (χ3v) is 2.49. The monoisotopic (exact) mass is 225 g/mol. The van der Waals surface area contributed by atoms with Crippen molar-refractivity contribution in [1.82, 2.24) is 20.1 Å². The normalized spacial score (nSPS) is 10.8. The summed E-state index contributed by atoms with van der Waals surface area (Å²) in [5, 5.41) is 9.25. The van der Waals surface area contributed by atoms with Crippen molar-refractivity contribution in [2.45, 2.75) is 20.8 Å². The summed E-state index contributed by atoms with van der Waals surface area (Å²) in [7, 11) is 0. The largest absolute Gasteiger partial charge is 0.367 e. The van der Waals surface area contributed by atoms with E-state index >= 15 is 0 Å². The molecular formula is C10H19N5O. The highest BCUT2D eigenvalue weighted by Gasteiger charge is 2.03. The Bertz CT molecular complexity index is 372. The van der Waals surface area contributed by atoms with E-state index in [1.54, 1.807) is 0 Å². The SMILES string of the molecule is CCN(CC)CCNc1nc(=O)[nH]nc1C. The number of nitrogens with one attached hydrogen (secondary N) is 2. The van der Waals surface area contributed by atoms with Crippen molar-refractivity contribution in [2.24, 2.45) is 0 Å². The quantitative estimate of drug-likeness (QED) is 0.725. The average molecular weight is 225 g/mol. The minimum atomic E-state index is -0.420. The van der Waals surface area contributed by atoms with Crippen molar-refractivity contribution in [2.75, 3.05) is 31.5 Å². The van der Waals surface area contributed by atoms with Gasteiger partial charge in [0, 0.05) is 13.1 Å². The Morgan fingerprint density at radius 2 is 2.06 bits per heavy atom. The Morgan fingerprint density at radius 3 is 2.69 bits per heavy atom. The fourth-order valence-corrected chi connectivity index (χ4v) is 1.43. The Balaban J connectivity index is 2.48. The predicted octanol–water partition coefficient (Wildman–Crippen LogP) is 0.227. The van der Waals surface area contributed by atoms with Crippen LogP contribution in [0.5, 0.6) is 0 Å². The first kappa shape index (κ1) is 12.6. The van der Waals surface area contributed by atoms with E-state index in [4.69, 9.17) is 0 Å². The lowest BCUT2D eigenvalue weighted by molar-refractivity contribution is 0.316. The minimum absolute atomic E-state index is 0.420. The number of H-pyrrole nitrogens is 1. The molecule has 2 N–H and O–H groups in total. The molecule has 6 heteroatoms. The first-order valence-corrected chi connectivity index (χ1v) is 5.57. The highest BCUT2D eigenvalue weighted by molar-refractivity contribution is 5.37. The number of aromatic nitrogens is 3. The third kappa shape index (κ3) is 3.62. The molecule has 90 valence electrons. The maximum atomic E-state index is 11.0. The summed E-state index contributed by atoms with van der Waals surface area (Å²) < 4.78 is 0. The van der Waals surface area contributed by atoms with Gasteiger partial charge in [-0.2, -0.15) is 10.1 Å². The number of rotatable bonds is 6. The van der Waals surface area contributed by atoms with Crippen LogP contribution in [0.15, 0.2) is 4.79 Å². The van der Waals surface area contributed by atoms with Crippen LogP contribution in [0, 0.1) is 6.92 Å². The zero-order valence-corrected chi connectivity index (χ0v) is 10.1. The maximum absolute atomic E-state index is 11.0. The number of hydrogen-bond donors (Lipinski definition) is 2. The molecule has 0 unspecified atom stereocenters. The fourth-order valence-electron chi connectivity index (χ4n) is 1.43. The van der Waals surface area contributed by atoms with Crippen LogP contribution in [-0.4, -0.2) is 46.3 Å². The molecule has 0 amide bonds. The summed E-state index contributed by atoms with van der Waals surface area (Å²) in [5.74, 6) is 0.566. The molecule has 0 atom stereocenters. The molecule has 1 heterocycles. The van der Waals surface area contributed by atoms with Gasteiger partial charge in [0.15, 0.2) is 5.82 Å². The summed E-state index contributed by atoms with van der Waals surface area (Å²) in [5.41, 5.74) is 0.287. The van der Waals surface area contributed by atoms with Crippen LogP contribution in [0.2, 0.25) is 0 Å². The second kappa shape index (κ2) is 6.22. The zero-order chi connectivity index (χ0) is 12.0. The second-order valence-electron chi connectivity index (χ2n) is 3.53. The van der Waals surface area contributed by atoms with Crippen molar-refractivity contribution in [3.8, 4) is 0 Å². The molecule has 1 aromatic rings. The van der Waals surface area contributed by atoms with Gasteiger partial charge in [0.25, 0.3) is 0 Å². The molecule has 0 spiro atoms. The van der Waals surface area contributed by atoms with Gasteiger partial charge in [-0.05, 0) is 20.0 Å². The van der Waals surface area contributed by atoms with E-state index in [0.29, 0.717) is 11.5 Å². The van der Waals surface area contributed by atoms with Gasteiger partial charge in [0.1, 0.15) is 5.69 Å². The number of nitrogens with zero attached hydrogens (tertiary/aromatic N) is 3. The van der Waals surface area contributed by atoms with Crippen LogP contribution in [0.3, 0.4) is 0 Å². The number of aryl methyl sites for hydroxylation is 1. The Labute approximate surface area is 95.1 Å². The lowest BCUT2D eigenvalue weighted by Crippen LogP contribution is -2.29. The Kier molecular flexibility index (Phi) is 4.91. The van der Waals surface area contributed by atoms with E-state index in [0.717, 1.165) is 26.2 Å². The van der Waals surface area contributed by atoms with Gasteiger partial charge >= 0.3 is 5.69 Å². The summed E-state index contributed by atoms with van der Waals surface area (Å²) >= 11 is 0. The smallest absolute Gasteiger partial charge is 0.363 e. The van der Waals surface area contributed by atoms with Gasteiger partial charge in [-0.3, -0.25) is 0 Å². The number of hydrogen-bond acceptors (Lipinski definition) is 5. The number of likely N-dealkylation sites (N-methyl/N-ethyl adjacent to an activating group) is 1. The topological polar surface area (TPSA) is 73.9 Å². The lowest BCUT2D eigenvalue weighted by Gasteiger charge is -2.18. The van der Waals surface area contributed by atoms with Crippen molar-refractivity contribution in [1.29, 1.82) is 0 Å². The number of anilines is 1. The molecule has 16 heavy (non-hydrogen) atoms. The molecule has 0 saturated heterocycles. The van der Waals surface area contributed by atoms with Crippen LogP contribution in [0.25, 0.3) is 0 Å². The van der Waals surface area contributed by atoms with Gasteiger partial charge in [-0.15, -0.1) is 0 Å². The summed E-state index contributed by atoms with van der Waals surface area (Å²) in [6.45, 7) is 9.81.